The molecule has 7 nitrogen and oxygen atoms in total. The van der Waals surface area contributed by atoms with Crippen molar-refractivity contribution in [3.8, 4) is 0 Å². The fraction of sp³-hybridized carbons (Fsp3) is 0.278. The molecule has 2 heterocycles. The number of aryl methyl sites for hydroxylation is 1. The molecule has 2 N–H and O–H groups in total. The quantitative estimate of drug-likeness (QED) is 0.801. The first-order valence-electron chi connectivity index (χ1n) is 8.23. The maximum atomic E-state index is 14.3. The van der Waals surface area contributed by atoms with Crippen molar-refractivity contribution in [2.24, 2.45) is 0 Å². The fourth-order valence-corrected chi connectivity index (χ4v) is 2.61. The number of carbonyl (C=O) groups is 1. The lowest BCUT2D eigenvalue weighted by Gasteiger charge is -2.30. The van der Waals surface area contributed by atoms with Gasteiger partial charge in [-0.15, -0.1) is 0 Å². The van der Waals surface area contributed by atoms with Crippen LogP contribution in [0.1, 0.15) is 5.82 Å². The van der Waals surface area contributed by atoms with Crippen molar-refractivity contribution in [3.05, 3.63) is 48.7 Å². The first-order chi connectivity index (χ1) is 12.6. The molecule has 0 spiro atoms. The number of aromatic nitrogens is 2. The third-order valence-electron chi connectivity index (χ3n) is 3.91. The first kappa shape index (κ1) is 17.8. The molecule has 0 aliphatic carbocycles. The Labute approximate surface area is 150 Å². The Morgan fingerprint density at radius 3 is 2.88 bits per heavy atom. The van der Waals surface area contributed by atoms with E-state index in [0.29, 0.717) is 43.6 Å². The number of benzene rings is 1. The van der Waals surface area contributed by atoms with Gasteiger partial charge in [0.15, 0.2) is 5.82 Å². The standard InChI is InChI=1S/C18H20FN5O2/c1-3-17(25)22-13-4-5-14(19)15(10-13)23-18-16(11-20-12(2)21-18)24-6-8-26-9-7-24/h3-5,10-11H,1,6-9H2,2H3,(H,22,25)(H,20,21,23). The predicted octanol–water partition coefficient (Wildman–Crippen LogP) is 2.63. The number of halogens is 1. The third-order valence-corrected chi connectivity index (χ3v) is 3.91. The summed E-state index contributed by atoms with van der Waals surface area (Å²) < 4.78 is 19.7. The molecule has 1 aromatic heterocycles. The van der Waals surface area contributed by atoms with E-state index in [1.165, 1.54) is 18.2 Å². The van der Waals surface area contributed by atoms with Crippen molar-refractivity contribution in [2.45, 2.75) is 6.92 Å². The SMILES string of the molecule is C=CC(=O)Nc1ccc(F)c(Nc2nc(C)ncc2N2CCOCC2)c1. The van der Waals surface area contributed by atoms with E-state index in [2.05, 4.69) is 32.1 Å². The van der Waals surface area contributed by atoms with Crippen molar-refractivity contribution in [1.82, 2.24) is 9.97 Å². The second-order valence-electron chi connectivity index (χ2n) is 5.76. The van der Waals surface area contributed by atoms with Gasteiger partial charge in [0, 0.05) is 18.8 Å². The molecule has 2 aromatic rings. The average molecular weight is 357 g/mol. The van der Waals surface area contributed by atoms with Gasteiger partial charge in [-0.1, -0.05) is 6.58 Å². The van der Waals surface area contributed by atoms with E-state index in [1.807, 2.05) is 0 Å². The summed E-state index contributed by atoms with van der Waals surface area (Å²) in [6.07, 6.45) is 2.87. The predicted molar refractivity (Wildman–Crippen MR) is 98.3 cm³/mol. The fourth-order valence-electron chi connectivity index (χ4n) is 2.61. The van der Waals surface area contributed by atoms with Gasteiger partial charge in [0.1, 0.15) is 11.6 Å². The Balaban J connectivity index is 1.90. The van der Waals surface area contributed by atoms with Crippen LogP contribution in [0.3, 0.4) is 0 Å². The van der Waals surface area contributed by atoms with Crippen LogP contribution in [0.2, 0.25) is 0 Å². The van der Waals surface area contributed by atoms with E-state index in [0.717, 1.165) is 11.8 Å². The van der Waals surface area contributed by atoms with Gasteiger partial charge in [0.25, 0.3) is 0 Å². The summed E-state index contributed by atoms with van der Waals surface area (Å²) in [6.45, 7) is 7.82. The van der Waals surface area contributed by atoms with Crippen LogP contribution in [-0.4, -0.2) is 42.2 Å². The number of hydrogen-bond acceptors (Lipinski definition) is 6. The summed E-state index contributed by atoms with van der Waals surface area (Å²) in [5, 5.41) is 5.64. The molecular weight excluding hydrogens is 337 g/mol. The van der Waals surface area contributed by atoms with E-state index >= 15 is 0 Å². The molecule has 1 aliphatic rings. The van der Waals surface area contributed by atoms with Crippen molar-refractivity contribution in [1.29, 1.82) is 0 Å². The Bertz CT molecular complexity index is 821. The van der Waals surface area contributed by atoms with Gasteiger partial charge >= 0.3 is 0 Å². The lowest BCUT2D eigenvalue weighted by molar-refractivity contribution is -0.111. The van der Waals surface area contributed by atoms with Gasteiger partial charge in [-0.05, 0) is 31.2 Å². The van der Waals surface area contributed by atoms with Crippen LogP contribution >= 0.6 is 0 Å². The number of ether oxygens (including phenoxy) is 1. The van der Waals surface area contributed by atoms with E-state index in [9.17, 15) is 9.18 Å². The maximum absolute atomic E-state index is 14.3. The zero-order valence-corrected chi connectivity index (χ0v) is 14.5. The zero-order valence-electron chi connectivity index (χ0n) is 14.5. The van der Waals surface area contributed by atoms with Crippen molar-refractivity contribution < 1.29 is 13.9 Å². The van der Waals surface area contributed by atoms with E-state index in [4.69, 9.17) is 4.74 Å². The number of morpholine rings is 1. The minimum Gasteiger partial charge on any atom is -0.378 e. The molecule has 0 unspecified atom stereocenters. The highest BCUT2D eigenvalue weighted by Gasteiger charge is 2.18. The molecule has 1 amide bonds. The minimum atomic E-state index is -0.453. The smallest absolute Gasteiger partial charge is 0.247 e. The van der Waals surface area contributed by atoms with E-state index in [-0.39, 0.29) is 11.6 Å². The summed E-state index contributed by atoms with van der Waals surface area (Å²) in [5.41, 5.74) is 1.44. The maximum Gasteiger partial charge on any atom is 0.247 e. The zero-order chi connectivity index (χ0) is 18.5. The molecule has 0 bridgehead atoms. The number of rotatable bonds is 5. The highest BCUT2D eigenvalue weighted by atomic mass is 19.1. The topological polar surface area (TPSA) is 79.4 Å². The molecule has 0 saturated carbocycles. The Morgan fingerprint density at radius 1 is 1.38 bits per heavy atom. The average Bonchev–Trinajstić information content (AvgIpc) is 2.65. The van der Waals surface area contributed by atoms with E-state index < -0.39 is 5.82 Å². The molecule has 0 atom stereocenters. The summed E-state index contributed by atoms with van der Waals surface area (Å²) in [6, 6.07) is 4.27. The molecule has 0 radical (unpaired) electrons. The van der Waals surface area contributed by atoms with Gasteiger partial charge in [-0.3, -0.25) is 4.79 Å². The Hall–Kier alpha value is -3.00. The van der Waals surface area contributed by atoms with Crippen LogP contribution < -0.4 is 15.5 Å². The summed E-state index contributed by atoms with van der Waals surface area (Å²) in [4.78, 5) is 22.2. The minimum absolute atomic E-state index is 0.208. The largest absolute Gasteiger partial charge is 0.378 e. The lowest BCUT2D eigenvalue weighted by Crippen LogP contribution is -2.36. The highest BCUT2D eigenvalue weighted by Crippen LogP contribution is 2.29. The highest BCUT2D eigenvalue weighted by molar-refractivity contribution is 5.99. The van der Waals surface area contributed by atoms with Gasteiger partial charge < -0.3 is 20.3 Å². The third kappa shape index (κ3) is 4.15. The normalized spacial score (nSPS) is 14.0. The number of anilines is 4. The van der Waals surface area contributed by atoms with Gasteiger partial charge in [0.2, 0.25) is 5.91 Å². The molecule has 1 aliphatic heterocycles. The second-order valence-corrected chi connectivity index (χ2v) is 5.76. The van der Waals surface area contributed by atoms with Gasteiger partial charge in [-0.25, -0.2) is 14.4 Å². The van der Waals surface area contributed by atoms with Crippen LogP contribution in [0.4, 0.5) is 27.3 Å². The number of amides is 1. The molecule has 26 heavy (non-hydrogen) atoms. The van der Waals surface area contributed by atoms with Crippen LogP contribution in [0.5, 0.6) is 0 Å². The van der Waals surface area contributed by atoms with Crippen molar-refractivity contribution >= 4 is 28.8 Å². The molecule has 136 valence electrons. The molecule has 8 heteroatoms. The van der Waals surface area contributed by atoms with Crippen LogP contribution in [0.25, 0.3) is 0 Å². The summed E-state index contributed by atoms with van der Waals surface area (Å²) >= 11 is 0. The van der Waals surface area contributed by atoms with E-state index in [1.54, 1.807) is 13.1 Å². The number of carbonyl (C=O) groups excluding carboxylic acids is 1. The lowest BCUT2D eigenvalue weighted by atomic mass is 10.2. The monoisotopic (exact) mass is 357 g/mol. The summed E-state index contributed by atoms with van der Waals surface area (Å²) in [7, 11) is 0. The van der Waals surface area contributed by atoms with Crippen LogP contribution in [0, 0.1) is 12.7 Å². The number of nitrogens with one attached hydrogen (secondary N) is 2. The van der Waals surface area contributed by atoms with Crippen LogP contribution in [0.15, 0.2) is 37.1 Å². The Morgan fingerprint density at radius 2 is 2.15 bits per heavy atom. The molecular formula is C18H20FN5O2. The molecule has 1 aromatic carbocycles. The molecule has 1 saturated heterocycles. The molecule has 3 rings (SSSR count). The van der Waals surface area contributed by atoms with Crippen molar-refractivity contribution in [2.75, 3.05) is 41.8 Å². The number of hydrogen-bond donors (Lipinski definition) is 2. The van der Waals surface area contributed by atoms with Crippen molar-refractivity contribution in [3.63, 3.8) is 0 Å². The second kappa shape index (κ2) is 7.92. The first-order valence-corrected chi connectivity index (χ1v) is 8.23. The van der Waals surface area contributed by atoms with Gasteiger partial charge in [0.05, 0.1) is 30.8 Å². The molecule has 1 fully saturated rings. The number of nitrogens with zero attached hydrogens (tertiary/aromatic N) is 3. The van der Waals surface area contributed by atoms with Crippen LogP contribution in [-0.2, 0) is 9.53 Å². The Kier molecular flexibility index (Phi) is 5.43. The van der Waals surface area contributed by atoms with Gasteiger partial charge in [-0.2, -0.15) is 0 Å². The summed E-state index contributed by atoms with van der Waals surface area (Å²) in [5.74, 6) is 0.256.